The summed E-state index contributed by atoms with van der Waals surface area (Å²) in [7, 11) is 1.68. The highest BCUT2D eigenvalue weighted by Crippen LogP contribution is 2.36. The lowest BCUT2D eigenvalue weighted by Crippen LogP contribution is -2.39. The molecule has 0 saturated heterocycles. The molecule has 1 aromatic heterocycles. The Morgan fingerprint density at radius 3 is 2.57 bits per heavy atom. The van der Waals surface area contributed by atoms with E-state index in [-0.39, 0.29) is 29.3 Å². The van der Waals surface area contributed by atoms with Crippen LogP contribution in [0.3, 0.4) is 0 Å². The van der Waals surface area contributed by atoms with E-state index in [1.165, 1.54) is 16.1 Å². The van der Waals surface area contributed by atoms with E-state index in [0.29, 0.717) is 35.6 Å². The lowest BCUT2D eigenvalue weighted by atomic mass is 10.0. The van der Waals surface area contributed by atoms with Crippen LogP contribution in [-0.2, 0) is 14.4 Å². The van der Waals surface area contributed by atoms with Crippen LogP contribution < -0.4 is 20.5 Å². The number of fused-ring (bicyclic) bond motifs is 2. The summed E-state index contributed by atoms with van der Waals surface area (Å²) in [5.41, 5.74) is 1.71. The first-order valence-electron chi connectivity index (χ1n) is 11.7. The van der Waals surface area contributed by atoms with E-state index in [9.17, 15) is 19.2 Å². The molecule has 2 heterocycles. The first-order chi connectivity index (χ1) is 17.7. The molecule has 0 fully saturated rings. The topological polar surface area (TPSA) is 114 Å². The van der Waals surface area contributed by atoms with Gasteiger partial charge in [-0.3, -0.25) is 23.7 Å². The summed E-state index contributed by atoms with van der Waals surface area (Å²) in [5, 5.41) is 2.70. The lowest BCUT2D eigenvalue weighted by molar-refractivity contribution is -0.128. The minimum atomic E-state index is -0.740. The number of aromatic nitrogens is 2. The zero-order valence-corrected chi connectivity index (χ0v) is 20.9. The third kappa shape index (κ3) is 4.61. The van der Waals surface area contributed by atoms with Crippen LogP contribution in [0.1, 0.15) is 13.8 Å². The fourth-order valence-corrected chi connectivity index (χ4v) is 4.10. The Hall–Kier alpha value is -4.73. The molecule has 3 amide bonds. The number of ether oxygens (including phenoxy) is 1. The minimum Gasteiger partial charge on any atom is -0.482 e. The van der Waals surface area contributed by atoms with E-state index in [0.717, 1.165) is 10.1 Å². The molecule has 1 aliphatic heterocycles. The standard InChI is InChI=1S/C27H27N5O5/c1-6-31(7-2)26(35)16(3)29-25(34)17(4)32-15-28-24-19(9-8-10-20(24)27(32)36)18-11-12-21-22(13-18)37-14-23(33)30(21)5/h8-13,15H,3-4,6-7,14H2,1-2,5H3,(H,29,34). The average Bonchev–Trinajstić information content (AvgIpc) is 2.90. The highest BCUT2D eigenvalue weighted by atomic mass is 16.5. The number of nitrogens with one attached hydrogen (secondary N) is 1. The average molecular weight is 502 g/mol. The largest absolute Gasteiger partial charge is 0.482 e. The molecule has 0 unspecified atom stereocenters. The highest BCUT2D eigenvalue weighted by molar-refractivity contribution is 6.15. The van der Waals surface area contributed by atoms with Gasteiger partial charge in [-0.1, -0.05) is 31.4 Å². The molecule has 4 rings (SSSR count). The molecule has 37 heavy (non-hydrogen) atoms. The molecule has 10 nitrogen and oxygen atoms in total. The van der Waals surface area contributed by atoms with E-state index in [2.05, 4.69) is 23.5 Å². The maximum atomic E-state index is 13.3. The number of hydrogen-bond donors (Lipinski definition) is 1. The van der Waals surface area contributed by atoms with Crippen molar-refractivity contribution < 1.29 is 19.1 Å². The zero-order chi connectivity index (χ0) is 26.9. The van der Waals surface area contributed by atoms with Crippen molar-refractivity contribution in [3.8, 4) is 16.9 Å². The van der Waals surface area contributed by atoms with Crippen molar-refractivity contribution in [3.63, 3.8) is 0 Å². The Morgan fingerprint density at radius 1 is 1.14 bits per heavy atom. The van der Waals surface area contributed by atoms with Crippen LogP contribution in [0.5, 0.6) is 5.75 Å². The molecule has 0 saturated carbocycles. The van der Waals surface area contributed by atoms with E-state index < -0.39 is 17.4 Å². The number of para-hydroxylation sites is 1. The number of rotatable bonds is 7. The molecule has 0 spiro atoms. The maximum absolute atomic E-state index is 13.3. The number of hydrogen-bond acceptors (Lipinski definition) is 6. The van der Waals surface area contributed by atoms with E-state index >= 15 is 0 Å². The summed E-state index contributed by atoms with van der Waals surface area (Å²) < 4.78 is 6.63. The van der Waals surface area contributed by atoms with Gasteiger partial charge in [0.25, 0.3) is 23.3 Å². The van der Waals surface area contributed by atoms with E-state index in [1.807, 2.05) is 26.0 Å². The second-order valence-corrected chi connectivity index (χ2v) is 8.40. The van der Waals surface area contributed by atoms with Crippen molar-refractivity contribution in [3.05, 3.63) is 71.9 Å². The Kier molecular flexibility index (Phi) is 6.92. The van der Waals surface area contributed by atoms with Crippen LogP contribution in [0.15, 0.2) is 66.4 Å². The van der Waals surface area contributed by atoms with Crippen molar-refractivity contribution in [2.75, 3.05) is 31.6 Å². The molecule has 0 aliphatic carbocycles. The summed E-state index contributed by atoms with van der Waals surface area (Å²) in [5.74, 6) is -0.743. The van der Waals surface area contributed by atoms with Gasteiger partial charge in [-0.25, -0.2) is 4.98 Å². The van der Waals surface area contributed by atoms with Crippen LogP contribution in [0.2, 0.25) is 0 Å². The minimum absolute atomic E-state index is 0.0530. The van der Waals surface area contributed by atoms with Gasteiger partial charge >= 0.3 is 0 Å². The summed E-state index contributed by atoms with van der Waals surface area (Å²) in [4.78, 5) is 57.9. The van der Waals surface area contributed by atoms with Crippen molar-refractivity contribution in [1.29, 1.82) is 0 Å². The molecule has 2 aromatic carbocycles. The fourth-order valence-electron chi connectivity index (χ4n) is 4.10. The number of anilines is 1. The Balaban J connectivity index is 1.65. The van der Waals surface area contributed by atoms with Crippen LogP contribution in [0, 0.1) is 0 Å². The first kappa shape index (κ1) is 25.4. The smallest absolute Gasteiger partial charge is 0.272 e. The second-order valence-electron chi connectivity index (χ2n) is 8.40. The zero-order valence-electron chi connectivity index (χ0n) is 20.9. The normalized spacial score (nSPS) is 12.5. The Bertz CT molecular complexity index is 1520. The van der Waals surface area contributed by atoms with Gasteiger partial charge < -0.3 is 19.9 Å². The molecular formula is C27H27N5O5. The molecule has 0 bridgehead atoms. The predicted octanol–water partition coefficient (Wildman–Crippen LogP) is 2.39. The summed E-state index contributed by atoms with van der Waals surface area (Å²) >= 11 is 0. The molecular weight excluding hydrogens is 474 g/mol. The molecule has 190 valence electrons. The first-order valence-corrected chi connectivity index (χ1v) is 11.7. The van der Waals surface area contributed by atoms with Gasteiger partial charge in [-0.2, -0.15) is 0 Å². The molecule has 0 atom stereocenters. The van der Waals surface area contributed by atoms with Gasteiger partial charge in [-0.15, -0.1) is 0 Å². The number of carbonyl (C=O) groups is 3. The van der Waals surface area contributed by atoms with Gasteiger partial charge in [0.05, 0.1) is 22.3 Å². The van der Waals surface area contributed by atoms with Crippen molar-refractivity contribution in [1.82, 2.24) is 19.8 Å². The molecule has 3 aromatic rings. The van der Waals surface area contributed by atoms with E-state index in [4.69, 9.17) is 4.74 Å². The second kappa shape index (κ2) is 10.1. The summed E-state index contributed by atoms with van der Waals surface area (Å²) in [6.45, 7) is 11.9. The number of benzene rings is 2. The number of likely N-dealkylation sites (N-methyl/N-ethyl adjacent to an activating group) is 2. The summed E-state index contributed by atoms with van der Waals surface area (Å²) in [6.07, 6.45) is 1.23. The fraction of sp³-hybridized carbons (Fsp3) is 0.222. The van der Waals surface area contributed by atoms with Gasteiger partial charge in [-0.05, 0) is 37.6 Å². The van der Waals surface area contributed by atoms with E-state index in [1.54, 1.807) is 31.3 Å². The Labute approximate surface area is 213 Å². The SMILES string of the molecule is C=C(NC(=O)C(=C)n1cnc2c(-c3ccc4c(c3)OCC(=O)N4C)cccc2c1=O)C(=O)N(CC)CC. The monoisotopic (exact) mass is 501 g/mol. The lowest BCUT2D eigenvalue weighted by Gasteiger charge is -2.26. The number of amides is 3. The van der Waals surface area contributed by atoms with Crippen molar-refractivity contribution in [2.24, 2.45) is 0 Å². The quantitative estimate of drug-likeness (QED) is 0.498. The highest BCUT2D eigenvalue weighted by Gasteiger charge is 2.23. The van der Waals surface area contributed by atoms with Gasteiger partial charge in [0.15, 0.2) is 6.61 Å². The molecule has 1 N–H and O–H groups in total. The van der Waals surface area contributed by atoms with Gasteiger partial charge in [0, 0.05) is 25.7 Å². The summed E-state index contributed by atoms with van der Waals surface area (Å²) in [6, 6.07) is 10.5. The number of carbonyl (C=O) groups excluding carboxylic acids is 3. The predicted molar refractivity (Wildman–Crippen MR) is 141 cm³/mol. The molecule has 10 heteroatoms. The van der Waals surface area contributed by atoms with Crippen molar-refractivity contribution in [2.45, 2.75) is 13.8 Å². The third-order valence-corrected chi connectivity index (χ3v) is 6.27. The van der Waals surface area contributed by atoms with Crippen molar-refractivity contribution >= 4 is 40.0 Å². The van der Waals surface area contributed by atoms with Gasteiger partial charge in [0.1, 0.15) is 17.8 Å². The Morgan fingerprint density at radius 2 is 1.86 bits per heavy atom. The van der Waals surface area contributed by atoms with Gasteiger partial charge in [0.2, 0.25) is 0 Å². The molecule has 0 radical (unpaired) electrons. The van der Waals surface area contributed by atoms with Crippen LogP contribution in [-0.4, -0.2) is 58.9 Å². The molecule has 1 aliphatic rings. The van der Waals surface area contributed by atoms with Crippen LogP contribution >= 0.6 is 0 Å². The van der Waals surface area contributed by atoms with Crippen LogP contribution in [0.25, 0.3) is 27.7 Å². The third-order valence-electron chi connectivity index (χ3n) is 6.27. The maximum Gasteiger partial charge on any atom is 0.272 e. The number of nitrogens with zero attached hydrogens (tertiary/aromatic N) is 4. The van der Waals surface area contributed by atoms with Crippen LogP contribution in [0.4, 0.5) is 5.69 Å².